The molecule has 0 fully saturated rings. The summed E-state index contributed by atoms with van der Waals surface area (Å²) in [6.45, 7) is 5.98. The Bertz CT molecular complexity index is 858. The highest BCUT2D eigenvalue weighted by atomic mass is 79.9. The second-order valence-corrected chi connectivity index (χ2v) is 7.65. The number of carbonyl (C=O) groups excluding carboxylic acids is 1. The number of benzene rings is 2. The minimum atomic E-state index is -0.665. The number of aliphatic imine (C=N–C) groups is 1. The normalized spacial score (nSPS) is 19.9. The van der Waals surface area contributed by atoms with Crippen LogP contribution in [0.5, 0.6) is 0 Å². The third-order valence-electron chi connectivity index (χ3n) is 4.53. The number of carbonyl (C=O) groups is 1. The molecule has 5 heteroatoms. The van der Waals surface area contributed by atoms with Crippen molar-refractivity contribution >= 4 is 44.8 Å². The van der Waals surface area contributed by atoms with E-state index in [1.807, 2.05) is 69.3 Å². The van der Waals surface area contributed by atoms with Gasteiger partial charge in [-0.05, 0) is 44.5 Å². The van der Waals surface area contributed by atoms with E-state index in [-0.39, 0.29) is 5.91 Å². The predicted molar refractivity (Wildman–Crippen MR) is 109 cm³/mol. The smallest absolute Gasteiger partial charge is 0.260 e. The van der Waals surface area contributed by atoms with Crippen LogP contribution in [0.1, 0.15) is 41.8 Å². The van der Waals surface area contributed by atoms with Crippen LogP contribution in [0.4, 0.5) is 0 Å². The maximum Gasteiger partial charge on any atom is 0.260 e. The van der Waals surface area contributed by atoms with Crippen molar-refractivity contribution in [3.8, 4) is 0 Å². The molecular formula is C20H19BrN2OS. The Morgan fingerprint density at radius 2 is 1.76 bits per heavy atom. The summed E-state index contributed by atoms with van der Waals surface area (Å²) in [5.41, 5.74) is 2.70. The lowest BCUT2D eigenvalue weighted by Crippen LogP contribution is -2.47. The minimum Gasteiger partial charge on any atom is -0.272 e. The standard InChI is InChI=1S/C20H19BrN2OS/c1-4-20(3)22-17(14-9-11-16(21)12-10-14)19(25)23(20)18(24)15-7-5-13(2)6-8-15/h5-12H,4H2,1-3H3. The number of hydrogen-bond donors (Lipinski definition) is 0. The molecule has 1 amide bonds. The van der Waals surface area contributed by atoms with Crippen molar-refractivity contribution < 1.29 is 4.79 Å². The van der Waals surface area contributed by atoms with Gasteiger partial charge in [0, 0.05) is 15.6 Å². The maximum absolute atomic E-state index is 13.1. The molecule has 1 aliphatic heterocycles. The number of halogens is 1. The van der Waals surface area contributed by atoms with E-state index < -0.39 is 5.66 Å². The summed E-state index contributed by atoms with van der Waals surface area (Å²) in [6, 6.07) is 15.4. The van der Waals surface area contributed by atoms with Crippen LogP contribution in [0.15, 0.2) is 58.0 Å². The van der Waals surface area contributed by atoms with Crippen molar-refractivity contribution in [2.75, 3.05) is 0 Å². The molecule has 25 heavy (non-hydrogen) atoms. The largest absolute Gasteiger partial charge is 0.272 e. The van der Waals surface area contributed by atoms with E-state index in [2.05, 4.69) is 15.9 Å². The molecule has 0 aliphatic carbocycles. The second-order valence-electron chi connectivity index (χ2n) is 6.35. The summed E-state index contributed by atoms with van der Waals surface area (Å²) >= 11 is 9.10. The average molecular weight is 415 g/mol. The van der Waals surface area contributed by atoms with Crippen LogP contribution in [0.3, 0.4) is 0 Å². The van der Waals surface area contributed by atoms with Crippen molar-refractivity contribution in [3.05, 3.63) is 69.7 Å². The van der Waals surface area contributed by atoms with Crippen LogP contribution in [0.25, 0.3) is 0 Å². The van der Waals surface area contributed by atoms with E-state index >= 15 is 0 Å². The highest BCUT2D eigenvalue weighted by Crippen LogP contribution is 2.32. The maximum atomic E-state index is 13.1. The summed E-state index contributed by atoms with van der Waals surface area (Å²) < 4.78 is 0.992. The molecule has 1 heterocycles. The summed E-state index contributed by atoms with van der Waals surface area (Å²) in [7, 11) is 0. The van der Waals surface area contributed by atoms with Crippen LogP contribution in [0.2, 0.25) is 0 Å². The summed E-state index contributed by atoms with van der Waals surface area (Å²) in [4.78, 5) is 20.1. The molecule has 1 atom stereocenters. The Morgan fingerprint density at radius 1 is 1.16 bits per heavy atom. The van der Waals surface area contributed by atoms with Gasteiger partial charge in [-0.15, -0.1) is 0 Å². The third kappa shape index (κ3) is 3.31. The van der Waals surface area contributed by atoms with Crippen LogP contribution in [-0.2, 0) is 0 Å². The van der Waals surface area contributed by atoms with Gasteiger partial charge in [0.2, 0.25) is 0 Å². The van der Waals surface area contributed by atoms with Gasteiger partial charge in [0.15, 0.2) is 0 Å². The first kappa shape index (κ1) is 18.0. The van der Waals surface area contributed by atoms with Gasteiger partial charge in [-0.3, -0.25) is 14.7 Å². The van der Waals surface area contributed by atoms with E-state index in [9.17, 15) is 4.79 Å². The molecule has 2 aromatic carbocycles. The Hall–Kier alpha value is -1.85. The molecule has 0 saturated heterocycles. The van der Waals surface area contributed by atoms with Gasteiger partial charge in [0.05, 0.1) is 0 Å². The van der Waals surface area contributed by atoms with Gasteiger partial charge < -0.3 is 0 Å². The Labute approximate surface area is 161 Å². The van der Waals surface area contributed by atoms with E-state index in [1.165, 1.54) is 0 Å². The lowest BCUT2D eigenvalue weighted by atomic mass is 10.1. The zero-order valence-electron chi connectivity index (χ0n) is 14.4. The number of nitrogens with zero attached hydrogens (tertiary/aromatic N) is 2. The molecule has 0 spiro atoms. The fourth-order valence-electron chi connectivity index (χ4n) is 2.83. The molecule has 1 aliphatic rings. The van der Waals surface area contributed by atoms with E-state index in [4.69, 9.17) is 17.2 Å². The van der Waals surface area contributed by atoms with Crippen molar-refractivity contribution in [2.45, 2.75) is 32.9 Å². The van der Waals surface area contributed by atoms with Crippen molar-refractivity contribution in [1.82, 2.24) is 4.90 Å². The fraction of sp³-hybridized carbons (Fsp3) is 0.250. The highest BCUT2D eigenvalue weighted by Gasteiger charge is 2.44. The third-order valence-corrected chi connectivity index (χ3v) is 5.43. The molecule has 2 aromatic rings. The van der Waals surface area contributed by atoms with Crippen molar-refractivity contribution in [1.29, 1.82) is 0 Å². The molecule has 0 bridgehead atoms. The Morgan fingerprint density at radius 3 is 2.32 bits per heavy atom. The van der Waals surface area contributed by atoms with E-state index in [0.717, 1.165) is 15.6 Å². The molecule has 128 valence electrons. The molecular weight excluding hydrogens is 396 g/mol. The first-order chi connectivity index (χ1) is 11.9. The van der Waals surface area contributed by atoms with Crippen LogP contribution in [-0.4, -0.2) is 27.2 Å². The summed E-state index contributed by atoms with van der Waals surface area (Å²) in [5.74, 6) is -0.106. The van der Waals surface area contributed by atoms with Crippen LogP contribution >= 0.6 is 28.1 Å². The van der Waals surface area contributed by atoms with Gasteiger partial charge >= 0.3 is 0 Å². The van der Waals surface area contributed by atoms with Crippen molar-refractivity contribution in [3.63, 3.8) is 0 Å². The zero-order valence-corrected chi connectivity index (χ0v) is 16.8. The fourth-order valence-corrected chi connectivity index (χ4v) is 3.54. The number of rotatable bonds is 3. The van der Waals surface area contributed by atoms with Crippen molar-refractivity contribution in [2.24, 2.45) is 4.99 Å². The predicted octanol–water partition coefficient (Wildman–Crippen LogP) is 5.16. The van der Waals surface area contributed by atoms with Gasteiger partial charge in [-0.25, -0.2) is 0 Å². The molecule has 0 N–H and O–H groups in total. The van der Waals surface area contributed by atoms with Crippen LogP contribution in [0, 0.1) is 6.92 Å². The van der Waals surface area contributed by atoms with Gasteiger partial charge in [-0.2, -0.15) is 0 Å². The monoisotopic (exact) mass is 414 g/mol. The van der Waals surface area contributed by atoms with Gasteiger partial charge in [0.25, 0.3) is 5.91 Å². The van der Waals surface area contributed by atoms with Crippen LogP contribution < -0.4 is 0 Å². The molecule has 1 unspecified atom stereocenters. The number of aryl methyl sites for hydroxylation is 1. The molecule has 0 saturated carbocycles. The topological polar surface area (TPSA) is 32.7 Å². The van der Waals surface area contributed by atoms with E-state index in [1.54, 1.807) is 4.90 Å². The number of amides is 1. The van der Waals surface area contributed by atoms with Gasteiger partial charge in [0.1, 0.15) is 16.4 Å². The quantitative estimate of drug-likeness (QED) is 0.649. The first-order valence-electron chi connectivity index (χ1n) is 8.17. The SMILES string of the molecule is CCC1(C)N=C(c2ccc(Br)cc2)C(=S)N1C(=O)c1ccc(C)cc1. The lowest BCUT2D eigenvalue weighted by molar-refractivity contribution is 0.0734. The number of hydrogen-bond acceptors (Lipinski definition) is 3. The second kappa shape index (κ2) is 6.81. The number of thiocarbonyl (C=S) groups is 1. The average Bonchev–Trinajstić information content (AvgIpc) is 2.87. The molecule has 0 radical (unpaired) electrons. The summed E-state index contributed by atoms with van der Waals surface area (Å²) in [6.07, 6.45) is 0.685. The molecule has 3 rings (SSSR count). The lowest BCUT2D eigenvalue weighted by Gasteiger charge is -2.31. The molecule has 3 nitrogen and oxygen atoms in total. The van der Waals surface area contributed by atoms with E-state index in [0.29, 0.717) is 22.7 Å². The first-order valence-corrected chi connectivity index (χ1v) is 9.37. The minimum absolute atomic E-state index is 0.106. The zero-order chi connectivity index (χ0) is 18.2. The highest BCUT2D eigenvalue weighted by molar-refractivity contribution is 9.10. The summed E-state index contributed by atoms with van der Waals surface area (Å²) in [5, 5.41) is 0. The Kier molecular flexibility index (Phi) is 4.89. The van der Waals surface area contributed by atoms with Gasteiger partial charge in [-0.1, -0.05) is 64.9 Å². The molecule has 0 aromatic heterocycles. The Balaban J connectivity index is 2.00.